The van der Waals surface area contributed by atoms with Gasteiger partial charge in [0.25, 0.3) is 0 Å². The summed E-state index contributed by atoms with van der Waals surface area (Å²) in [5.74, 6) is -0.993. The van der Waals surface area contributed by atoms with Crippen molar-refractivity contribution in [3.63, 3.8) is 0 Å². The Kier molecular flexibility index (Phi) is 3.89. The predicted molar refractivity (Wildman–Crippen MR) is 55.5 cm³/mol. The van der Waals surface area contributed by atoms with E-state index >= 15 is 0 Å². The zero-order valence-corrected chi connectivity index (χ0v) is 9.00. The van der Waals surface area contributed by atoms with Crippen LogP contribution in [0.25, 0.3) is 0 Å². The molecule has 1 aromatic carbocycles. The van der Waals surface area contributed by atoms with Gasteiger partial charge >= 0.3 is 0 Å². The second-order valence-electron chi connectivity index (χ2n) is 3.22. The quantitative estimate of drug-likeness (QED) is 0.787. The number of nitrogens with two attached hydrogens (primary N) is 1. The first-order valence-electron chi connectivity index (χ1n) is 4.32. The van der Waals surface area contributed by atoms with Crippen molar-refractivity contribution in [1.82, 2.24) is 0 Å². The molecule has 0 radical (unpaired) electrons. The number of halogens is 2. The molecule has 0 fully saturated rings. The van der Waals surface area contributed by atoms with Crippen LogP contribution in [0, 0.1) is 11.6 Å². The summed E-state index contributed by atoms with van der Waals surface area (Å²) in [7, 11) is 0. The average molecular weight is 217 g/mol. The van der Waals surface area contributed by atoms with E-state index in [1.54, 1.807) is 13.2 Å². The molecule has 2 N–H and O–H groups in total. The maximum atomic E-state index is 13.6. The smallest absolute Gasteiger partial charge is 0.142 e. The molecule has 1 aromatic rings. The van der Waals surface area contributed by atoms with Crippen molar-refractivity contribution in [2.75, 3.05) is 6.26 Å². The molecule has 78 valence electrons. The van der Waals surface area contributed by atoms with Crippen LogP contribution in [0.15, 0.2) is 17.0 Å². The normalized spacial score (nSPS) is 12.9. The second-order valence-corrected chi connectivity index (χ2v) is 4.07. The van der Waals surface area contributed by atoms with E-state index in [0.717, 1.165) is 0 Å². The number of rotatable bonds is 3. The summed E-state index contributed by atoms with van der Waals surface area (Å²) < 4.78 is 26.8. The van der Waals surface area contributed by atoms with E-state index in [9.17, 15) is 8.78 Å². The summed E-state index contributed by atoms with van der Waals surface area (Å²) in [5.41, 5.74) is 5.60. The van der Waals surface area contributed by atoms with Crippen molar-refractivity contribution in [3.8, 4) is 0 Å². The van der Waals surface area contributed by atoms with Crippen LogP contribution in [0.3, 0.4) is 0 Å². The molecule has 1 nitrogen and oxygen atoms in total. The molecule has 0 saturated heterocycles. The van der Waals surface area contributed by atoms with Gasteiger partial charge in [-0.2, -0.15) is 0 Å². The standard InChI is InChI=1S/C10H13F2NS/c1-6(13)5-7-8(11)3-4-9(14-2)10(7)12/h3-4,6H,5,13H2,1-2H3. The molecule has 0 aromatic heterocycles. The fraction of sp³-hybridized carbons (Fsp3) is 0.400. The van der Waals surface area contributed by atoms with Crippen LogP contribution >= 0.6 is 11.8 Å². The molecule has 0 aliphatic rings. The Morgan fingerprint density at radius 1 is 1.43 bits per heavy atom. The van der Waals surface area contributed by atoms with Gasteiger partial charge in [-0.05, 0) is 31.7 Å². The molecule has 4 heteroatoms. The Morgan fingerprint density at radius 3 is 2.57 bits per heavy atom. The largest absolute Gasteiger partial charge is 0.328 e. The highest BCUT2D eigenvalue weighted by molar-refractivity contribution is 7.98. The first-order chi connectivity index (χ1) is 6.56. The number of hydrogen-bond donors (Lipinski definition) is 1. The first-order valence-corrected chi connectivity index (χ1v) is 5.55. The maximum absolute atomic E-state index is 13.6. The van der Waals surface area contributed by atoms with Crippen molar-refractivity contribution in [3.05, 3.63) is 29.3 Å². The molecule has 1 rings (SSSR count). The molecule has 0 aliphatic carbocycles. The van der Waals surface area contributed by atoms with Gasteiger partial charge in [0.2, 0.25) is 0 Å². The molecule has 0 bridgehead atoms. The minimum Gasteiger partial charge on any atom is -0.328 e. The van der Waals surface area contributed by atoms with Gasteiger partial charge in [-0.3, -0.25) is 0 Å². The Bertz CT molecular complexity index is 326. The van der Waals surface area contributed by atoms with Crippen LogP contribution < -0.4 is 5.73 Å². The van der Waals surface area contributed by atoms with Crippen LogP contribution in [-0.4, -0.2) is 12.3 Å². The SMILES string of the molecule is CSc1ccc(F)c(CC(C)N)c1F. The van der Waals surface area contributed by atoms with Crippen LogP contribution in [0.1, 0.15) is 12.5 Å². The van der Waals surface area contributed by atoms with E-state index in [4.69, 9.17) is 5.73 Å². The van der Waals surface area contributed by atoms with Crippen LogP contribution in [0.2, 0.25) is 0 Å². The lowest BCUT2D eigenvalue weighted by Crippen LogP contribution is -2.19. The molecule has 0 aliphatic heterocycles. The van der Waals surface area contributed by atoms with Crippen molar-refractivity contribution in [1.29, 1.82) is 0 Å². The molecule has 0 amide bonds. The highest BCUT2D eigenvalue weighted by atomic mass is 32.2. The van der Waals surface area contributed by atoms with Crippen LogP contribution in [0.4, 0.5) is 8.78 Å². The van der Waals surface area contributed by atoms with Crippen molar-refractivity contribution >= 4 is 11.8 Å². The van der Waals surface area contributed by atoms with E-state index in [1.165, 1.54) is 23.9 Å². The van der Waals surface area contributed by atoms with Crippen molar-refractivity contribution < 1.29 is 8.78 Å². The number of benzene rings is 1. The van der Waals surface area contributed by atoms with Crippen LogP contribution in [-0.2, 0) is 6.42 Å². The number of hydrogen-bond acceptors (Lipinski definition) is 2. The summed E-state index contributed by atoms with van der Waals surface area (Å²) in [5, 5.41) is 0. The van der Waals surface area contributed by atoms with Gasteiger partial charge in [-0.15, -0.1) is 11.8 Å². The highest BCUT2D eigenvalue weighted by Gasteiger charge is 2.14. The Hall–Kier alpha value is -0.610. The van der Waals surface area contributed by atoms with E-state index in [-0.39, 0.29) is 18.0 Å². The molecule has 14 heavy (non-hydrogen) atoms. The molecule has 0 heterocycles. The highest BCUT2D eigenvalue weighted by Crippen LogP contribution is 2.24. The fourth-order valence-electron chi connectivity index (χ4n) is 1.24. The predicted octanol–water partition coefficient (Wildman–Crippen LogP) is 2.58. The zero-order chi connectivity index (χ0) is 10.7. The summed E-state index contributed by atoms with van der Waals surface area (Å²) in [4.78, 5) is 0.460. The van der Waals surface area contributed by atoms with Gasteiger partial charge in [-0.25, -0.2) is 8.78 Å². The summed E-state index contributed by atoms with van der Waals surface area (Å²) >= 11 is 1.26. The third-order valence-electron chi connectivity index (χ3n) is 1.90. The van der Waals surface area contributed by atoms with Crippen molar-refractivity contribution in [2.24, 2.45) is 5.73 Å². The Balaban J connectivity index is 3.11. The average Bonchev–Trinajstić information content (AvgIpc) is 2.12. The molecule has 1 unspecified atom stereocenters. The summed E-state index contributed by atoms with van der Waals surface area (Å²) in [6.07, 6.45) is 1.98. The number of thioether (sulfide) groups is 1. The zero-order valence-electron chi connectivity index (χ0n) is 8.18. The lowest BCUT2D eigenvalue weighted by molar-refractivity contribution is 0.527. The third-order valence-corrected chi connectivity index (χ3v) is 2.65. The lowest BCUT2D eigenvalue weighted by Gasteiger charge is -2.10. The molecule has 0 saturated carbocycles. The fourth-order valence-corrected chi connectivity index (χ4v) is 1.75. The lowest BCUT2D eigenvalue weighted by atomic mass is 10.1. The van der Waals surface area contributed by atoms with Gasteiger partial charge < -0.3 is 5.73 Å². The minimum atomic E-state index is -0.516. The van der Waals surface area contributed by atoms with Gasteiger partial charge in [0.05, 0.1) is 0 Å². The van der Waals surface area contributed by atoms with Crippen molar-refractivity contribution in [2.45, 2.75) is 24.3 Å². The third kappa shape index (κ3) is 2.45. The summed E-state index contributed by atoms with van der Waals surface area (Å²) in [6.45, 7) is 1.73. The molecular formula is C10H13F2NS. The molecular weight excluding hydrogens is 204 g/mol. The summed E-state index contributed by atoms with van der Waals surface area (Å²) in [6, 6.07) is 2.49. The monoisotopic (exact) mass is 217 g/mol. The second kappa shape index (κ2) is 4.75. The van der Waals surface area contributed by atoms with Crippen LogP contribution in [0.5, 0.6) is 0 Å². The van der Waals surface area contributed by atoms with Gasteiger partial charge in [0, 0.05) is 16.5 Å². The van der Waals surface area contributed by atoms with E-state index < -0.39 is 11.6 Å². The maximum Gasteiger partial charge on any atom is 0.142 e. The van der Waals surface area contributed by atoms with E-state index in [2.05, 4.69) is 0 Å². The molecule has 1 atom stereocenters. The topological polar surface area (TPSA) is 26.0 Å². The Morgan fingerprint density at radius 2 is 2.07 bits per heavy atom. The minimum absolute atomic E-state index is 0.0897. The van der Waals surface area contributed by atoms with E-state index in [0.29, 0.717) is 4.90 Å². The first kappa shape index (κ1) is 11.5. The Labute approximate surface area is 86.7 Å². The van der Waals surface area contributed by atoms with Gasteiger partial charge in [-0.1, -0.05) is 0 Å². The van der Waals surface area contributed by atoms with Gasteiger partial charge in [0.15, 0.2) is 0 Å². The van der Waals surface area contributed by atoms with E-state index in [1.807, 2.05) is 0 Å². The van der Waals surface area contributed by atoms with Gasteiger partial charge in [0.1, 0.15) is 11.6 Å². The molecule has 0 spiro atoms.